The van der Waals surface area contributed by atoms with Crippen LogP contribution in [-0.2, 0) is 4.84 Å². The van der Waals surface area contributed by atoms with Gasteiger partial charge in [-0.25, -0.2) is 0 Å². The van der Waals surface area contributed by atoms with E-state index in [1.807, 2.05) is 0 Å². The van der Waals surface area contributed by atoms with Crippen molar-refractivity contribution < 1.29 is 4.84 Å². The topological polar surface area (TPSA) is 21.3 Å². The van der Waals surface area contributed by atoms with E-state index in [0.29, 0.717) is 0 Å². The van der Waals surface area contributed by atoms with Gasteiger partial charge in [-0.2, -0.15) is 5.25 Å². The molecule has 2 nitrogen and oxygen atoms in total. The van der Waals surface area contributed by atoms with Crippen LogP contribution < -0.4 is 5.25 Å². The molecule has 68 valence electrons. The summed E-state index contributed by atoms with van der Waals surface area (Å²) in [5.74, 6) is 0. The van der Waals surface area contributed by atoms with E-state index in [-0.39, 0.29) is 0 Å². The zero-order valence-corrected chi connectivity index (χ0v) is 8.59. The van der Waals surface area contributed by atoms with Gasteiger partial charge in [0.1, 0.15) is 0 Å². The molecule has 0 aromatic carbocycles. The van der Waals surface area contributed by atoms with Crippen molar-refractivity contribution in [1.29, 1.82) is 0 Å². The van der Waals surface area contributed by atoms with Crippen LogP contribution in [0.15, 0.2) is 0 Å². The van der Waals surface area contributed by atoms with Crippen LogP contribution >= 0.6 is 9.39 Å². The van der Waals surface area contributed by atoms with E-state index in [0.717, 1.165) is 6.61 Å². The normalized spacial score (nSPS) is 10.4. The van der Waals surface area contributed by atoms with Gasteiger partial charge in [-0.3, -0.25) is 4.84 Å². The molecule has 0 amide bonds. The van der Waals surface area contributed by atoms with Crippen LogP contribution in [0.2, 0.25) is 0 Å². The number of hydrogen-bond acceptors (Lipinski definition) is 2. The number of hydrogen-bond donors (Lipinski definition) is 1. The van der Waals surface area contributed by atoms with Gasteiger partial charge in [0.05, 0.1) is 6.61 Å². The van der Waals surface area contributed by atoms with E-state index < -0.39 is 0 Å². The highest BCUT2D eigenvalue weighted by Gasteiger charge is 1.88. The van der Waals surface area contributed by atoms with Gasteiger partial charge in [-0.1, -0.05) is 39.0 Å². The van der Waals surface area contributed by atoms with Gasteiger partial charge in [-0.05, 0) is 15.8 Å². The number of unbranched alkanes of at least 4 members (excludes halogenated alkanes) is 5. The maximum absolute atomic E-state index is 4.95. The summed E-state index contributed by atoms with van der Waals surface area (Å²) in [6.45, 7) is 3.07. The third-order valence-electron chi connectivity index (χ3n) is 1.68. The third kappa shape index (κ3) is 10.4. The Morgan fingerprint density at radius 1 is 1.09 bits per heavy atom. The molecule has 0 rings (SSSR count). The average Bonchev–Trinajstić information content (AvgIpc) is 2.03. The lowest BCUT2D eigenvalue weighted by molar-refractivity contribution is 0.0965. The molecule has 0 heterocycles. The lowest BCUT2D eigenvalue weighted by Gasteiger charge is -2.00. The fourth-order valence-corrected chi connectivity index (χ4v) is 1.13. The number of rotatable bonds is 8. The van der Waals surface area contributed by atoms with Crippen molar-refractivity contribution >= 4 is 9.39 Å². The van der Waals surface area contributed by atoms with Crippen molar-refractivity contribution in [2.24, 2.45) is 0 Å². The molecule has 1 unspecified atom stereocenters. The van der Waals surface area contributed by atoms with E-state index in [1.54, 1.807) is 0 Å². The molecule has 0 radical (unpaired) electrons. The minimum atomic E-state index is 0.829. The molecule has 1 N–H and O–H groups in total. The van der Waals surface area contributed by atoms with Gasteiger partial charge >= 0.3 is 0 Å². The Labute approximate surface area is 72.3 Å². The highest BCUT2D eigenvalue weighted by Crippen LogP contribution is 2.04. The molecule has 3 heteroatoms. The Balaban J connectivity index is 2.69. The Bertz CT molecular complexity index is 63.1. The van der Waals surface area contributed by atoms with Crippen molar-refractivity contribution in [3.63, 3.8) is 0 Å². The smallest absolute Gasteiger partial charge is 0.0685 e. The monoisotopic (exact) mass is 177 g/mol. The van der Waals surface area contributed by atoms with Gasteiger partial charge in [0, 0.05) is 0 Å². The van der Waals surface area contributed by atoms with Crippen LogP contribution in [0.5, 0.6) is 0 Å². The predicted molar refractivity (Wildman–Crippen MR) is 52.2 cm³/mol. The van der Waals surface area contributed by atoms with Crippen LogP contribution in [0.1, 0.15) is 45.4 Å². The van der Waals surface area contributed by atoms with E-state index in [2.05, 4.69) is 21.6 Å². The van der Waals surface area contributed by atoms with Crippen molar-refractivity contribution in [2.75, 3.05) is 6.61 Å². The van der Waals surface area contributed by atoms with Gasteiger partial charge < -0.3 is 0 Å². The molecule has 0 aromatic heterocycles. The summed E-state index contributed by atoms with van der Waals surface area (Å²) in [7, 11) is 2.32. The summed E-state index contributed by atoms with van der Waals surface area (Å²) in [6, 6.07) is 0. The summed E-state index contributed by atoms with van der Waals surface area (Å²) in [6.07, 6.45) is 7.91. The first kappa shape index (κ1) is 11.4. The average molecular weight is 177 g/mol. The molecule has 0 aliphatic heterocycles. The fourth-order valence-electron chi connectivity index (χ4n) is 1.01. The summed E-state index contributed by atoms with van der Waals surface area (Å²) in [5.41, 5.74) is 0. The Hall–Kier alpha value is 0.350. The molecule has 0 aliphatic carbocycles. The minimum Gasteiger partial charge on any atom is -0.299 e. The van der Waals surface area contributed by atoms with Crippen LogP contribution in [0.4, 0.5) is 0 Å². The van der Waals surface area contributed by atoms with Crippen LogP contribution in [-0.4, -0.2) is 6.61 Å². The summed E-state index contributed by atoms with van der Waals surface area (Å²) in [5, 5.41) is 2.59. The second-order valence-electron chi connectivity index (χ2n) is 2.73. The first-order chi connectivity index (χ1) is 5.41. The van der Waals surface area contributed by atoms with Crippen molar-refractivity contribution in [1.82, 2.24) is 5.25 Å². The van der Waals surface area contributed by atoms with Crippen molar-refractivity contribution in [3.8, 4) is 0 Å². The van der Waals surface area contributed by atoms with Gasteiger partial charge in [0.25, 0.3) is 0 Å². The highest BCUT2D eigenvalue weighted by atomic mass is 31.0. The summed E-state index contributed by atoms with van der Waals surface area (Å²) >= 11 is 0. The van der Waals surface area contributed by atoms with Gasteiger partial charge in [0.2, 0.25) is 0 Å². The molecule has 0 spiro atoms. The lowest BCUT2D eigenvalue weighted by Crippen LogP contribution is -2.01. The highest BCUT2D eigenvalue weighted by molar-refractivity contribution is 7.13. The Morgan fingerprint density at radius 3 is 2.36 bits per heavy atom. The summed E-state index contributed by atoms with van der Waals surface area (Å²) in [4.78, 5) is 4.95. The van der Waals surface area contributed by atoms with Crippen molar-refractivity contribution in [2.45, 2.75) is 45.4 Å². The van der Waals surface area contributed by atoms with E-state index >= 15 is 0 Å². The van der Waals surface area contributed by atoms with E-state index in [4.69, 9.17) is 4.84 Å². The SMILES string of the molecule is CCCCCCCCONP. The zero-order valence-electron chi connectivity index (χ0n) is 7.44. The molecular weight excluding hydrogens is 157 g/mol. The minimum absolute atomic E-state index is 0.829. The predicted octanol–water partition coefficient (Wildman–Crippen LogP) is 2.66. The maximum atomic E-state index is 4.95. The Kier molecular flexibility index (Phi) is 10.7. The molecule has 0 saturated carbocycles. The molecule has 0 aliphatic rings. The fraction of sp³-hybridized carbons (Fsp3) is 1.00. The molecular formula is C8H20NOP. The zero-order chi connectivity index (χ0) is 8.36. The quantitative estimate of drug-likeness (QED) is 0.349. The molecule has 11 heavy (non-hydrogen) atoms. The molecule has 0 saturated heterocycles. The van der Waals surface area contributed by atoms with Gasteiger partial charge in [-0.15, -0.1) is 0 Å². The first-order valence-corrected chi connectivity index (χ1v) is 5.07. The van der Waals surface area contributed by atoms with Gasteiger partial charge in [0.15, 0.2) is 0 Å². The van der Waals surface area contributed by atoms with Crippen molar-refractivity contribution in [3.05, 3.63) is 0 Å². The Morgan fingerprint density at radius 2 is 1.73 bits per heavy atom. The third-order valence-corrected chi connectivity index (χ3v) is 1.85. The number of nitrogens with one attached hydrogen (secondary N) is 1. The van der Waals surface area contributed by atoms with Crippen LogP contribution in [0.25, 0.3) is 0 Å². The van der Waals surface area contributed by atoms with Crippen LogP contribution in [0, 0.1) is 0 Å². The largest absolute Gasteiger partial charge is 0.299 e. The lowest BCUT2D eigenvalue weighted by atomic mass is 10.1. The second kappa shape index (κ2) is 10.3. The second-order valence-corrected chi connectivity index (χ2v) is 2.97. The maximum Gasteiger partial charge on any atom is 0.0685 e. The molecule has 0 fully saturated rings. The van der Waals surface area contributed by atoms with Crippen LogP contribution in [0.3, 0.4) is 0 Å². The van der Waals surface area contributed by atoms with E-state index in [9.17, 15) is 0 Å². The van der Waals surface area contributed by atoms with E-state index in [1.165, 1.54) is 38.5 Å². The first-order valence-electron chi connectivity index (χ1n) is 4.49. The molecule has 1 atom stereocenters. The molecule has 0 bridgehead atoms. The molecule has 0 aromatic rings. The summed E-state index contributed by atoms with van der Waals surface area (Å²) < 4.78 is 0. The standard InChI is InChI=1S/C8H20NOP/c1-2-3-4-5-6-7-8-10-9-11/h9H,2-8,11H2,1H3.